The van der Waals surface area contributed by atoms with Gasteiger partial charge in [-0.3, -0.25) is 0 Å². The molecule has 0 aliphatic carbocycles. The molecule has 1 aromatic rings. The molecule has 1 saturated heterocycles. The molecule has 2 nitrogen and oxygen atoms in total. The molecule has 1 N–H and O–H groups in total. The van der Waals surface area contributed by atoms with Crippen molar-refractivity contribution in [3.63, 3.8) is 0 Å². The minimum atomic E-state index is -0.198. The van der Waals surface area contributed by atoms with Gasteiger partial charge < -0.3 is 10.2 Å². The number of hydrogen-bond acceptors (Lipinski definition) is 2. The van der Waals surface area contributed by atoms with Gasteiger partial charge in [-0.2, -0.15) is 0 Å². The number of likely N-dealkylation sites (tertiary alicyclic amines) is 1. The summed E-state index contributed by atoms with van der Waals surface area (Å²) in [5, 5.41) is 3.57. The van der Waals surface area contributed by atoms with Gasteiger partial charge in [0.15, 0.2) is 0 Å². The molecule has 1 aromatic carbocycles. The lowest BCUT2D eigenvalue weighted by atomic mass is 10.1. The summed E-state index contributed by atoms with van der Waals surface area (Å²) in [6.07, 6.45) is 4.08. The highest BCUT2D eigenvalue weighted by atomic mass is 79.9. The lowest BCUT2D eigenvalue weighted by molar-refractivity contribution is 0.197. The zero-order valence-electron chi connectivity index (χ0n) is 13.0. The molecule has 1 aliphatic heterocycles. The van der Waals surface area contributed by atoms with E-state index in [9.17, 15) is 4.39 Å². The highest BCUT2D eigenvalue weighted by molar-refractivity contribution is 9.10. The van der Waals surface area contributed by atoms with Crippen LogP contribution in [0.5, 0.6) is 0 Å². The van der Waals surface area contributed by atoms with Gasteiger partial charge in [0.25, 0.3) is 0 Å². The Morgan fingerprint density at radius 1 is 1.24 bits per heavy atom. The third-order valence-corrected chi connectivity index (χ3v) is 4.91. The topological polar surface area (TPSA) is 15.3 Å². The summed E-state index contributed by atoms with van der Waals surface area (Å²) in [5.74, 6) is 0.432. The van der Waals surface area contributed by atoms with E-state index in [2.05, 4.69) is 40.0 Å². The average molecular weight is 357 g/mol. The molecule has 21 heavy (non-hydrogen) atoms. The van der Waals surface area contributed by atoms with Gasteiger partial charge in [-0.1, -0.05) is 35.3 Å². The van der Waals surface area contributed by atoms with Crippen molar-refractivity contribution in [2.24, 2.45) is 5.92 Å². The average Bonchev–Trinajstić information content (AvgIpc) is 2.46. The van der Waals surface area contributed by atoms with Crippen molar-refractivity contribution in [3.8, 4) is 0 Å². The molecule has 0 bridgehead atoms. The number of nitrogens with one attached hydrogen (secondary N) is 1. The van der Waals surface area contributed by atoms with E-state index in [1.165, 1.54) is 51.0 Å². The summed E-state index contributed by atoms with van der Waals surface area (Å²) >= 11 is 3.45. The Kier molecular flexibility index (Phi) is 6.65. The summed E-state index contributed by atoms with van der Waals surface area (Å²) in [6.45, 7) is 9.10. The highest BCUT2D eigenvalue weighted by Crippen LogP contribution is 2.24. The van der Waals surface area contributed by atoms with E-state index in [0.29, 0.717) is 5.92 Å². The highest BCUT2D eigenvalue weighted by Gasteiger charge is 2.15. The van der Waals surface area contributed by atoms with Crippen molar-refractivity contribution in [1.29, 1.82) is 0 Å². The Morgan fingerprint density at radius 3 is 2.62 bits per heavy atom. The number of rotatable bonds is 6. The maximum Gasteiger partial charge on any atom is 0.124 e. The number of halogens is 2. The van der Waals surface area contributed by atoms with E-state index in [4.69, 9.17) is 0 Å². The molecule has 2 rings (SSSR count). The minimum absolute atomic E-state index is 0.198. The van der Waals surface area contributed by atoms with E-state index >= 15 is 0 Å². The van der Waals surface area contributed by atoms with Crippen LogP contribution in [0.4, 0.5) is 4.39 Å². The largest absolute Gasteiger partial charge is 0.310 e. The Morgan fingerprint density at radius 2 is 1.95 bits per heavy atom. The van der Waals surface area contributed by atoms with Crippen molar-refractivity contribution in [3.05, 3.63) is 34.1 Å². The minimum Gasteiger partial charge on any atom is -0.310 e. The Hall–Kier alpha value is -0.450. The van der Waals surface area contributed by atoms with Crippen LogP contribution < -0.4 is 5.32 Å². The summed E-state index contributed by atoms with van der Waals surface area (Å²) in [5.41, 5.74) is 1.11. The maximum atomic E-state index is 13.1. The third kappa shape index (κ3) is 5.35. The monoisotopic (exact) mass is 356 g/mol. The molecule has 4 heteroatoms. The fraction of sp³-hybridized carbons (Fsp3) is 0.647. The zero-order chi connectivity index (χ0) is 15.2. The molecule has 0 aromatic heterocycles. The van der Waals surface area contributed by atoms with Crippen molar-refractivity contribution >= 4 is 15.9 Å². The molecule has 1 aliphatic rings. The molecule has 2 atom stereocenters. The maximum absolute atomic E-state index is 13.1. The summed E-state index contributed by atoms with van der Waals surface area (Å²) in [4.78, 5) is 2.58. The second-order valence-corrected chi connectivity index (χ2v) is 7.12. The lowest BCUT2D eigenvalue weighted by Crippen LogP contribution is -2.37. The first-order valence-electron chi connectivity index (χ1n) is 7.97. The van der Waals surface area contributed by atoms with Gasteiger partial charge in [-0.25, -0.2) is 4.39 Å². The van der Waals surface area contributed by atoms with Crippen molar-refractivity contribution in [2.45, 2.75) is 39.2 Å². The first-order valence-corrected chi connectivity index (χ1v) is 8.76. The molecular weight excluding hydrogens is 331 g/mol. The van der Waals surface area contributed by atoms with Gasteiger partial charge in [0, 0.05) is 17.1 Å². The normalized spacial score (nSPS) is 19.4. The summed E-state index contributed by atoms with van der Waals surface area (Å²) < 4.78 is 14.0. The third-order valence-electron chi connectivity index (χ3n) is 4.22. The molecule has 0 spiro atoms. The smallest absolute Gasteiger partial charge is 0.124 e. The Labute approximate surface area is 136 Å². The molecule has 1 fully saturated rings. The van der Waals surface area contributed by atoms with Gasteiger partial charge in [0.2, 0.25) is 0 Å². The van der Waals surface area contributed by atoms with Gasteiger partial charge in [-0.15, -0.1) is 0 Å². The Bertz CT molecular complexity index is 446. The summed E-state index contributed by atoms with van der Waals surface area (Å²) in [7, 11) is 0. The molecule has 118 valence electrons. The van der Waals surface area contributed by atoms with Crippen LogP contribution in [0.25, 0.3) is 0 Å². The number of nitrogens with zero attached hydrogens (tertiary/aromatic N) is 1. The van der Waals surface area contributed by atoms with Crippen LogP contribution in [-0.4, -0.2) is 31.1 Å². The molecule has 0 saturated carbocycles. The SMILES string of the molecule is CC(CNC(C)c1ccc(F)cc1Br)CN1CCCCC1. The quantitative estimate of drug-likeness (QED) is 0.814. The van der Waals surface area contributed by atoms with Crippen molar-refractivity contribution in [1.82, 2.24) is 10.2 Å². The van der Waals surface area contributed by atoms with Crippen LogP contribution in [0.3, 0.4) is 0 Å². The second kappa shape index (κ2) is 8.25. The molecule has 2 unspecified atom stereocenters. The standard InChI is InChI=1S/C17H26BrFN2/c1-13(12-21-8-4-3-5-9-21)11-20-14(2)16-7-6-15(19)10-17(16)18/h6-7,10,13-14,20H,3-5,8-9,11-12H2,1-2H3. The molecule has 1 heterocycles. The van der Waals surface area contributed by atoms with Gasteiger partial charge in [-0.05, 0) is 63.0 Å². The van der Waals surface area contributed by atoms with Crippen LogP contribution in [0.1, 0.15) is 44.7 Å². The van der Waals surface area contributed by atoms with Gasteiger partial charge in [0.1, 0.15) is 5.82 Å². The van der Waals surface area contributed by atoms with E-state index in [1.807, 2.05) is 6.07 Å². The fourth-order valence-corrected chi connectivity index (χ4v) is 3.68. The van der Waals surface area contributed by atoms with Crippen LogP contribution in [0.15, 0.2) is 22.7 Å². The first-order chi connectivity index (χ1) is 10.1. The van der Waals surface area contributed by atoms with Crippen LogP contribution >= 0.6 is 15.9 Å². The van der Waals surface area contributed by atoms with Crippen LogP contribution in [0, 0.1) is 11.7 Å². The van der Waals surface area contributed by atoms with E-state index < -0.39 is 0 Å². The number of piperidine rings is 1. The molecular formula is C17H26BrFN2. The van der Waals surface area contributed by atoms with E-state index in [1.54, 1.807) is 0 Å². The van der Waals surface area contributed by atoms with Crippen molar-refractivity contribution < 1.29 is 4.39 Å². The second-order valence-electron chi connectivity index (χ2n) is 6.26. The predicted molar refractivity (Wildman–Crippen MR) is 90.0 cm³/mol. The van der Waals surface area contributed by atoms with E-state index in [-0.39, 0.29) is 11.9 Å². The Balaban J connectivity index is 1.78. The van der Waals surface area contributed by atoms with Crippen LogP contribution in [-0.2, 0) is 0 Å². The first kappa shape index (κ1) is 16.9. The number of benzene rings is 1. The van der Waals surface area contributed by atoms with Gasteiger partial charge >= 0.3 is 0 Å². The van der Waals surface area contributed by atoms with Crippen LogP contribution in [0.2, 0.25) is 0 Å². The van der Waals surface area contributed by atoms with Crippen molar-refractivity contribution in [2.75, 3.05) is 26.2 Å². The lowest BCUT2D eigenvalue weighted by Gasteiger charge is -2.29. The summed E-state index contributed by atoms with van der Waals surface area (Å²) in [6, 6.07) is 5.13. The van der Waals surface area contributed by atoms with E-state index in [0.717, 1.165) is 16.6 Å². The zero-order valence-corrected chi connectivity index (χ0v) is 14.6. The molecule has 0 amide bonds. The number of hydrogen-bond donors (Lipinski definition) is 1. The fourth-order valence-electron chi connectivity index (χ4n) is 2.99. The van der Waals surface area contributed by atoms with Gasteiger partial charge in [0.05, 0.1) is 0 Å². The predicted octanol–water partition coefficient (Wildman–Crippen LogP) is 4.36. The molecule has 0 radical (unpaired) electrons.